The van der Waals surface area contributed by atoms with Crippen molar-refractivity contribution >= 4 is 17.0 Å². The second-order valence-corrected chi connectivity index (χ2v) is 5.05. The second kappa shape index (κ2) is 5.97. The summed E-state index contributed by atoms with van der Waals surface area (Å²) in [7, 11) is 0. The first-order valence-electron chi connectivity index (χ1n) is 7.02. The summed E-state index contributed by atoms with van der Waals surface area (Å²) in [5.41, 5.74) is 2.93. The fraction of sp³-hybridized carbons (Fsp3) is 0.176. The third kappa shape index (κ3) is 3.14. The number of aryl methyl sites for hydroxylation is 1. The van der Waals surface area contributed by atoms with Gasteiger partial charge in [-0.2, -0.15) is 0 Å². The molecule has 1 N–H and O–H groups in total. The van der Waals surface area contributed by atoms with Gasteiger partial charge in [-0.05, 0) is 42.3 Å². The Kier molecular flexibility index (Phi) is 3.87. The number of carbonyl (C=O) groups is 1. The highest BCUT2D eigenvalue weighted by Crippen LogP contribution is 2.17. The molecule has 4 nitrogen and oxygen atoms in total. The van der Waals surface area contributed by atoms with Gasteiger partial charge in [0.2, 0.25) is 0 Å². The van der Waals surface area contributed by atoms with E-state index in [2.05, 4.69) is 10.3 Å². The number of oxazole rings is 1. The molecule has 0 saturated heterocycles. The maximum absolute atomic E-state index is 13.1. The van der Waals surface area contributed by atoms with Crippen LogP contribution in [-0.4, -0.2) is 17.4 Å². The van der Waals surface area contributed by atoms with Gasteiger partial charge in [-0.3, -0.25) is 4.79 Å². The van der Waals surface area contributed by atoms with Gasteiger partial charge in [0.05, 0.1) is 0 Å². The van der Waals surface area contributed by atoms with Gasteiger partial charge in [0.1, 0.15) is 11.3 Å². The van der Waals surface area contributed by atoms with Crippen LogP contribution in [0.25, 0.3) is 11.1 Å². The van der Waals surface area contributed by atoms with Crippen LogP contribution in [0.2, 0.25) is 0 Å². The second-order valence-electron chi connectivity index (χ2n) is 5.05. The van der Waals surface area contributed by atoms with Crippen LogP contribution in [0.5, 0.6) is 0 Å². The molecule has 0 radical (unpaired) electrons. The molecule has 22 heavy (non-hydrogen) atoms. The van der Waals surface area contributed by atoms with E-state index in [1.54, 1.807) is 13.0 Å². The third-order valence-corrected chi connectivity index (χ3v) is 3.35. The number of fused-ring (bicyclic) bond motifs is 1. The number of hydrogen-bond acceptors (Lipinski definition) is 3. The van der Waals surface area contributed by atoms with Gasteiger partial charge in [-0.25, -0.2) is 9.37 Å². The average molecular weight is 298 g/mol. The smallest absolute Gasteiger partial charge is 0.251 e. The molecule has 0 saturated carbocycles. The van der Waals surface area contributed by atoms with Crippen molar-refractivity contribution in [2.24, 2.45) is 0 Å². The first-order chi connectivity index (χ1) is 10.6. The lowest BCUT2D eigenvalue weighted by molar-refractivity contribution is 0.0953. The standard InChI is InChI=1S/C17H15FN2O2/c1-11-20-15-6-5-12(9-16(15)22-11)7-8-19-17(21)13-3-2-4-14(18)10-13/h2-6,9-10H,7-8H2,1H3,(H,19,21). The molecule has 1 amide bonds. The highest BCUT2D eigenvalue weighted by molar-refractivity contribution is 5.94. The number of carbonyl (C=O) groups excluding carboxylic acids is 1. The lowest BCUT2D eigenvalue weighted by Crippen LogP contribution is -2.25. The predicted molar refractivity (Wildman–Crippen MR) is 81.2 cm³/mol. The quantitative estimate of drug-likeness (QED) is 0.804. The average Bonchev–Trinajstić information content (AvgIpc) is 2.86. The third-order valence-electron chi connectivity index (χ3n) is 3.35. The van der Waals surface area contributed by atoms with Crippen LogP contribution in [0, 0.1) is 12.7 Å². The van der Waals surface area contributed by atoms with E-state index >= 15 is 0 Å². The van der Waals surface area contributed by atoms with Crippen LogP contribution in [0.15, 0.2) is 46.9 Å². The van der Waals surface area contributed by atoms with Crippen molar-refractivity contribution in [3.63, 3.8) is 0 Å². The van der Waals surface area contributed by atoms with Crippen LogP contribution >= 0.6 is 0 Å². The van der Waals surface area contributed by atoms with Crippen LogP contribution in [-0.2, 0) is 6.42 Å². The van der Waals surface area contributed by atoms with Crippen LogP contribution in [0.3, 0.4) is 0 Å². The number of hydrogen-bond donors (Lipinski definition) is 1. The molecule has 0 aliphatic heterocycles. The van der Waals surface area contributed by atoms with Gasteiger partial charge in [0.15, 0.2) is 11.5 Å². The number of rotatable bonds is 4. The number of benzene rings is 2. The maximum Gasteiger partial charge on any atom is 0.251 e. The molecule has 0 bridgehead atoms. The summed E-state index contributed by atoms with van der Waals surface area (Å²) in [6.07, 6.45) is 0.663. The highest BCUT2D eigenvalue weighted by Gasteiger charge is 2.07. The molecule has 112 valence electrons. The van der Waals surface area contributed by atoms with Gasteiger partial charge in [-0.15, -0.1) is 0 Å². The van der Waals surface area contributed by atoms with E-state index in [1.165, 1.54) is 18.2 Å². The molecule has 2 aromatic carbocycles. The van der Waals surface area contributed by atoms with Gasteiger partial charge < -0.3 is 9.73 Å². The SMILES string of the molecule is Cc1nc2ccc(CCNC(=O)c3cccc(F)c3)cc2o1. The number of nitrogens with one attached hydrogen (secondary N) is 1. The highest BCUT2D eigenvalue weighted by atomic mass is 19.1. The van der Waals surface area contributed by atoms with Crippen molar-refractivity contribution in [1.82, 2.24) is 10.3 Å². The Labute approximate surface area is 127 Å². The molecule has 1 aromatic heterocycles. The van der Waals surface area contributed by atoms with Crippen molar-refractivity contribution in [2.45, 2.75) is 13.3 Å². The van der Waals surface area contributed by atoms with E-state index in [9.17, 15) is 9.18 Å². The van der Waals surface area contributed by atoms with E-state index in [-0.39, 0.29) is 5.91 Å². The van der Waals surface area contributed by atoms with E-state index < -0.39 is 5.82 Å². The molecule has 5 heteroatoms. The van der Waals surface area contributed by atoms with Crippen molar-refractivity contribution in [1.29, 1.82) is 0 Å². The van der Waals surface area contributed by atoms with E-state index in [1.807, 2.05) is 18.2 Å². The largest absolute Gasteiger partial charge is 0.441 e. The summed E-state index contributed by atoms with van der Waals surface area (Å²) in [6.45, 7) is 2.27. The minimum absolute atomic E-state index is 0.281. The number of aromatic nitrogens is 1. The Bertz CT molecular complexity index is 826. The fourth-order valence-electron chi connectivity index (χ4n) is 2.29. The molecule has 1 heterocycles. The molecular weight excluding hydrogens is 283 g/mol. The summed E-state index contributed by atoms with van der Waals surface area (Å²) in [5.74, 6) is -0.0681. The van der Waals surface area contributed by atoms with Gasteiger partial charge in [-0.1, -0.05) is 12.1 Å². The summed E-state index contributed by atoms with van der Waals surface area (Å²) in [6, 6.07) is 11.4. The Morgan fingerprint density at radius 1 is 1.27 bits per heavy atom. The van der Waals surface area contributed by atoms with Crippen molar-refractivity contribution < 1.29 is 13.6 Å². The molecule has 0 aliphatic rings. The number of amides is 1. The molecule has 0 fully saturated rings. The van der Waals surface area contributed by atoms with Gasteiger partial charge in [0, 0.05) is 19.0 Å². The number of nitrogens with zero attached hydrogens (tertiary/aromatic N) is 1. The zero-order valence-electron chi connectivity index (χ0n) is 12.1. The van der Waals surface area contributed by atoms with Crippen LogP contribution < -0.4 is 5.32 Å². The van der Waals surface area contributed by atoms with Crippen LogP contribution in [0.1, 0.15) is 21.8 Å². The van der Waals surface area contributed by atoms with Crippen molar-refractivity contribution in [3.8, 4) is 0 Å². The molecule has 3 aromatic rings. The molecule has 3 rings (SSSR count). The monoisotopic (exact) mass is 298 g/mol. The lowest BCUT2D eigenvalue weighted by Gasteiger charge is -2.05. The Morgan fingerprint density at radius 3 is 2.95 bits per heavy atom. The van der Waals surface area contributed by atoms with Crippen molar-refractivity contribution in [2.75, 3.05) is 6.54 Å². The van der Waals surface area contributed by atoms with E-state index in [0.29, 0.717) is 24.4 Å². The van der Waals surface area contributed by atoms with Gasteiger partial charge >= 0.3 is 0 Å². The Balaban J connectivity index is 1.60. The summed E-state index contributed by atoms with van der Waals surface area (Å²) >= 11 is 0. The van der Waals surface area contributed by atoms with Crippen LogP contribution in [0.4, 0.5) is 4.39 Å². The minimum atomic E-state index is -0.418. The summed E-state index contributed by atoms with van der Waals surface area (Å²) < 4.78 is 18.5. The lowest BCUT2D eigenvalue weighted by atomic mass is 10.1. The minimum Gasteiger partial charge on any atom is -0.441 e. The zero-order chi connectivity index (χ0) is 15.5. The number of halogens is 1. The molecule has 0 unspecified atom stereocenters. The first-order valence-corrected chi connectivity index (χ1v) is 7.02. The predicted octanol–water partition coefficient (Wildman–Crippen LogP) is 3.25. The summed E-state index contributed by atoms with van der Waals surface area (Å²) in [4.78, 5) is 16.1. The zero-order valence-corrected chi connectivity index (χ0v) is 12.1. The van der Waals surface area contributed by atoms with E-state index in [4.69, 9.17) is 4.42 Å². The molecule has 0 spiro atoms. The summed E-state index contributed by atoms with van der Waals surface area (Å²) in [5, 5.41) is 2.78. The van der Waals surface area contributed by atoms with Gasteiger partial charge in [0.25, 0.3) is 5.91 Å². The fourth-order valence-corrected chi connectivity index (χ4v) is 2.29. The normalized spacial score (nSPS) is 10.8. The first kappa shape index (κ1) is 14.3. The molecular formula is C17H15FN2O2. The topological polar surface area (TPSA) is 55.1 Å². The van der Waals surface area contributed by atoms with E-state index in [0.717, 1.165) is 16.7 Å². The molecule has 0 aliphatic carbocycles. The Morgan fingerprint density at radius 2 is 2.14 bits per heavy atom. The maximum atomic E-state index is 13.1. The Hall–Kier alpha value is -2.69. The van der Waals surface area contributed by atoms with Crippen molar-refractivity contribution in [3.05, 3.63) is 65.3 Å². The molecule has 0 atom stereocenters.